The number of nitrogens with two attached hydrogens (primary N) is 1. The van der Waals surface area contributed by atoms with Crippen molar-refractivity contribution < 1.29 is 23.6 Å². The maximum Gasteiger partial charge on any atom is 0.326 e. The summed E-state index contributed by atoms with van der Waals surface area (Å²) < 4.78 is 24.9. The van der Waals surface area contributed by atoms with Crippen molar-refractivity contribution in [3.05, 3.63) is 0 Å². The summed E-state index contributed by atoms with van der Waals surface area (Å²) in [7, 11) is 0. The molecule has 0 bridgehead atoms. The molecule has 0 aromatic heterocycles. The summed E-state index contributed by atoms with van der Waals surface area (Å²) in [4.78, 5) is 36.8. The minimum Gasteiger partial charge on any atom is -0.480 e. The predicted octanol–water partition coefficient (Wildman–Crippen LogP) is 0.590. The Hall–Kier alpha value is -1.62. The number of thioether (sulfide) groups is 2. The van der Waals surface area contributed by atoms with Crippen LogP contribution < -0.4 is 21.7 Å². The van der Waals surface area contributed by atoms with E-state index in [4.69, 9.17) is 15.3 Å². The third-order valence-corrected chi connectivity index (χ3v) is 4.66. The molecule has 11 heteroatoms. The second kappa shape index (κ2) is 16.3. The molecule has 0 aliphatic heterocycles. The predicted molar refractivity (Wildman–Crippen MR) is 116 cm³/mol. The highest BCUT2D eigenvalue weighted by molar-refractivity contribution is 7.98. The molecule has 28 heavy (non-hydrogen) atoms. The summed E-state index contributed by atoms with van der Waals surface area (Å²) in [5.41, 5.74) is 5.17. The molecule has 0 fully saturated rings. The molecule has 0 saturated carbocycles. The first-order valence-corrected chi connectivity index (χ1v) is 11.6. The molecule has 162 valence electrons. The molecule has 0 aliphatic rings. The van der Waals surface area contributed by atoms with Gasteiger partial charge in [-0.2, -0.15) is 23.5 Å². The minimum atomic E-state index is -2.58. The number of carbonyl (C=O) groups excluding carboxylic acids is 2. The molecule has 0 aliphatic carbocycles. The monoisotopic (exact) mass is 438 g/mol. The number of unbranched alkanes of at least 4 members (excludes halogenated alkanes) is 2. The number of carbonyl (C=O) groups is 3. The average molecular weight is 439 g/mol. The molecule has 3 atom stereocenters. The van der Waals surface area contributed by atoms with Crippen molar-refractivity contribution in [1.29, 1.82) is 5.41 Å². The van der Waals surface area contributed by atoms with Crippen LogP contribution in [0.3, 0.4) is 0 Å². The van der Waals surface area contributed by atoms with E-state index < -0.39 is 36.2 Å². The van der Waals surface area contributed by atoms with Crippen LogP contribution in [0.4, 0.5) is 0 Å². The number of amides is 2. The fourth-order valence-corrected chi connectivity index (χ4v) is 2.86. The first-order chi connectivity index (χ1) is 14.5. The van der Waals surface area contributed by atoms with Crippen LogP contribution in [0.2, 0.25) is 1.41 Å². The maximum absolute atomic E-state index is 12.8. The van der Waals surface area contributed by atoms with Crippen molar-refractivity contribution in [2.24, 2.45) is 5.73 Å². The van der Waals surface area contributed by atoms with E-state index in [-0.39, 0.29) is 29.9 Å². The summed E-state index contributed by atoms with van der Waals surface area (Å²) in [6.45, 7) is 0.466. The van der Waals surface area contributed by atoms with Crippen LogP contribution in [0, 0.1) is 5.41 Å². The topological polar surface area (TPSA) is 157 Å². The van der Waals surface area contributed by atoms with Gasteiger partial charge in [0.15, 0.2) is 7.37 Å². The van der Waals surface area contributed by atoms with Crippen LogP contribution in [-0.4, -0.2) is 71.5 Å². The van der Waals surface area contributed by atoms with Gasteiger partial charge in [0.2, 0.25) is 11.8 Å². The Labute approximate surface area is 179 Å². The van der Waals surface area contributed by atoms with Gasteiger partial charge in [-0.15, -0.1) is 0 Å². The van der Waals surface area contributed by atoms with Crippen LogP contribution >= 0.6 is 23.5 Å². The third kappa shape index (κ3) is 13.5. The van der Waals surface area contributed by atoms with Crippen molar-refractivity contribution in [2.75, 3.05) is 30.6 Å². The van der Waals surface area contributed by atoms with Crippen molar-refractivity contribution >= 4 is 47.3 Å². The average Bonchev–Trinajstić information content (AvgIpc) is 2.71. The Kier molecular flexibility index (Phi) is 12.3. The normalized spacial score (nSPS) is 16.4. The lowest BCUT2D eigenvalue weighted by Crippen LogP contribution is -2.52. The standard InChI is InChI=1S/C17H33N5O4S2/c1-27-10-7-12(15(24)22-13(16(25)26)8-11-28-2)21-14(23)6-4-3-5-9-20-17(18)19/h12-13H,3-11H2,1-2H3,(H,21,23)(H,22,24)(H,25,26)(H4,18,19,20)/t12-,13-/m0/s1/i7D,12D/hD/t7?,12-,13-. The van der Waals surface area contributed by atoms with E-state index >= 15 is 0 Å². The van der Waals surface area contributed by atoms with Gasteiger partial charge in [0.1, 0.15) is 12.1 Å². The second-order valence-corrected chi connectivity index (χ2v) is 7.74. The molecule has 0 spiro atoms. The number of guanidine groups is 1. The van der Waals surface area contributed by atoms with Crippen LogP contribution in [0.5, 0.6) is 0 Å². The third-order valence-electron chi connectivity index (χ3n) is 3.52. The van der Waals surface area contributed by atoms with E-state index in [0.29, 0.717) is 31.6 Å². The molecule has 7 N–H and O–H groups in total. The van der Waals surface area contributed by atoms with E-state index in [9.17, 15) is 19.5 Å². The second-order valence-electron chi connectivity index (χ2n) is 5.85. The van der Waals surface area contributed by atoms with Crippen LogP contribution in [0.25, 0.3) is 0 Å². The lowest BCUT2D eigenvalue weighted by atomic mass is 10.1. The van der Waals surface area contributed by atoms with Gasteiger partial charge < -0.3 is 26.8 Å². The van der Waals surface area contributed by atoms with Gasteiger partial charge in [-0.1, -0.05) is 6.42 Å². The van der Waals surface area contributed by atoms with Gasteiger partial charge >= 0.3 is 5.97 Å². The summed E-state index contributed by atoms with van der Waals surface area (Å²) in [5, 5.41) is 21.5. The number of hydrogen-bond donors (Lipinski definition) is 6. The highest BCUT2D eigenvalue weighted by Crippen LogP contribution is 2.06. The molecule has 9 nitrogen and oxygen atoms in total. The van der Waals surface area contributed by atoms with E-state index in [1.54, 1.807) is 12.5 Å². The van der Waals surface area contributed by atoms with Crippen LogP contribution in [0.15, 0.2) is 0 Å². The number of nitrogens with one attached hydrogen (secondary N) is 4. The quantitative estimate of drug-likeness (QED) is 0.116. The molecular formula is C17H33N5O4S2. The largest absolute Gasteiger partial charge is 0.480 e. The molecule has 0 radical (unpaired) electrons. The molecule has 0 saturated heterocycles. The van der Waals surface area contributed by atoms with E-state index in [1.807, 2.05) is 0 Å². The fraction of sp³-hybridized carbons (Fsp3) is 0.765. The highest BCUT2D eigenvalue weighted by atomic mass is 32.2. The van der Waals surface area contributed by atoms with Crippen molar-refractivity contribution in [3.63, 3.8) is 0 Å². The van der Waals surface area contributed by atoms with E-state index in [1.165, 1.54) is 23.5 Å². The Morgan fingerprint density at radius 3 is 2.50 bits per heavy atom. The number of hydrogen-bond acceptors (Lipinski definition) is 6. The number of carboxylic acids is 1. The number of rotatable bonds is 16. The molecule has 0 rings (SSSR count). The van der Waals surface area contributed by atoms with Gasteiger partial charge in [0, 0.05) is 14.3 Å². The lowest BCUT2D eigenvalue weighted by Gasteiger charge is -2.21. The maximum atomic E-state index is 12.8. The Bertz CT molecular complexity index is 620. The minimum absolute atomic E-state index is 0.0127. The van der Waals surface area contributed by atoms with E-state index in [2.05, 4.69) is 10.6 Å². The fourth-order valence-electron chi connectivity index (χ4n) is 2.07. The van der Waals surface area contributed by atoms with E-state index in [0.717, 1.165) is 0 Å². The van der Waals surface area contributed by atoms with Gasteiger partial charge in [-0.25, -0.2) is 4.79 Å². The summed E-state index contributed by atoms with van der Waals surface area (Å²) in [5.74, 6) is -2.90. The Morgan fingerprint density at radius 1 is 1.25 bits per heavy atom. The van der Waals surface area contributed by atoms with Crippen LogP contribution in [0.1, 0.15) is 41.2 Å². The smallest absolute Gasteiger partial charge is 0.326 e. The zero-order chi connectivity index (χ0) is 24.0. The van der Waals surface area contributed by atoms with Crippen LogP contribution in [-0.2, 0) is 14.4 Å². The Balaban J connectivity index is 5.22. The first-order valence-electron chi connectivity index (χ1n) is 10.4. The van der Waals surface area contributed by atoms with Crippen molar-refractivity contribution in [3.8, 4) is 0 Å². The summed E-state index contributed by atoms with van der Waals surface area (Å²) >= 11 is 2.59. The molecule has 2 amide bonds. The van der Waals surface area contributed by atoms with Gasteiger partial charge in [0.05, 0.1) is 1.37 Å². The number of carboxylic acid groups (broad SMARTS) is 1. The van der Waals surface area contributed by atoms with Crippen molar-refractivity contribution in [2.45, 2.75) is 50.6 Å². The zero-order valence-corrected chi connectivity index (χ0v) is 18.0. The SMILES string of the molecule is [2H]C(CSC)[C@@]([2H])(C(=O)N[C@@H](CCSC)C(=O)O)N([2H])C(=O)CCCCCNC(=N)N. The summed E-state index contributed by atoms with van der Waals surface area (Å²) in [6, 6.07) is -3.85. The van der Waals surface area contributed by atoms with Gasteiger partial charge in [0.25, 0.3) is 0 Å². The Morgan fingerprint density at radius 2 is 1.93 bits per heavy atom. The molecule has 0 heterocycles. The number of aliphatic carboxylic acids is 1. The van der Waals surface area contributed by atoms with Crippen molar-refractivity contribution in [1.82, 2.24) is 15.9 Å². The lowest BCUT2D eigenvalue weighted by molar-refractivity contribution is -0.142. The zero-order valence-electron chi connectivity index (χ0n) is 19.3. The molecule has 0 aromatic carbocycles. The summed E-state index contributed by atoms with van der Waals surface area (Å²) in [6.07, 6.45) is 3.66. The first kappa shape index (κ1) is 21.1. The molecular weight excluding hydrogens is 402 g/mol. The van der Waals surface area contributed by atoms with Gasteiger partial charge in [-0.05, 0) is 49.7 Å². The highest BCUT2D eigenvalue weighted by Gasteiger charge is 2.25. The van der Waals surface area contributed by atoms with Gasteiger partial charge in [-0.3, -0.25) is 15.0 Å². The molecule has 1 unspecified atom stereocenters. The molecule has 0 aromatic rings.